The summed E-state index contributed by atoms with van der Waals surface area (Å²) in [7, 11) is 0. The second kappa shape index (κ2) is 5.73. The van der Waals surface area contributed by atoms with E-state index in [1.54, 1.807) is 0 Å². The summed E-state index contributed by atoms with van der Waals surface area (Å²) in [5.41, 5.74) is 7.58. The summed E-state index contributed by atoms with van der Waals surface area (Å²) in [4.78, 5) is 2.29. The van der Waals surface area contributed by atoms with Crippen molar-refractivity contribution >= 4 is 21.6 Å². The molecule has 3 nitrogen and oxygen atoms in total. The molecule has 4 heteroatoms. The first kappa shape index (κ1) is 13.4. The van der Waals surface area contributed by atoms with Crippen LogP contribution in [0.2, 0.25) is 0 Å². The first-order valence-corrected chi connectivity index (χ1v) is 7.10. The molecule has 0 bridgehead atoms. The minimum absolute atomic E-state index is 0.518. The number of anilines is 1. The van der Waals surface area contributed by atoms with Crippen LogP contribution < -0.4 is 10.6 Å². The van der Waals surface area contributed by atoms with Gasteiger partial charge in [0.05, 0.1) is 11.3 Å². The smallest absolute Gasteiger partial charge is 0.103 e. The third kappa shape index (κ3) is 2.52. The fraction of sp³-hybridized carbons (Fsp3) is 0.500. The molecule has 0 aliphatic carbocycles. The van der Waals surface area contributed by atoms with E-state index in [4.69, 9.17) is 5.73 Å². The quantitative estimate of drug-likeness (QED) is 0.914. The third-order valence-corrected chi connectivity index (χ3v) is 4.52. The predicted molar refractivity (Wildman–Crippen MR) is 77.4 cm³/mol. The number of nitriles is 1. The largest absolute Gasteiger partial charge is 0.370 e. The molecule has 1 heterocycles. The van der Waals surface area contributed by atoms with E-state index in [9.17, 15) is 5.26 Å². The van der Waals surface area contributed by atoms with E-state index in [-0.39, 0.29) is 0 Å². The number of piperidine rings is 1. The molecule has 1 aromatic carbocycles. The van der Waals surface area contributed by atoms with Gasteiger partial charge in [-0.25, -0.2) is 0 Å². The van der Waals surface area contributed by atoms with E-state index in [2.05, 4.69) is 33.8 Å². The van der Waals surface area contributed by atoms with Gasteiger partial charge < -0.3 is 10.6 Å². The van der Waals surface area contributed by atoms with Crippen LogP contribution in [0, 0.1) is 23.2 Å². The maximum Gasteiger partial charge on any atom is 0.103 e. The van der Waals surface area contributed by atoms with Gasteiger partial charge in [-0.15, -0.1) is 0 Å². The summed E-state index contributed by atoms with van der Waals surface area (Å²) in [5, 5.41) is 9.27. The Morgan fingerprint density at radius 2 is 2.33 bits per heavy atom. The zero-order valence-corrected chi connectivity index (χ0v) is 12.2. The average molecular weight is 308 g/mol. The van der Waals surface area contributed by atoms with E-state index in [0.29, 0.717) is 18.4 Å². The van der Waals surface area contributed by atoms with Gasteiger partial charge in [-0.05, 0) is 52.9 Å². The van der Waals surface area contributed by atoms with E-state index in [1.807, 2.05) is 18.2 Å². The van der Waals surface area contributed by atoms with Crippen molar-refractivity contribution in [2.45, 2.75) is 13.3 Å². The Kier molecular flexibility index (Phi) is 4.26. The fourth-order valence-corrected chi connectivity index (χ4v) is 3.01. The highest BCUT2D eigenvalue weighted by atomic mass is 79.9. The Balaban J connectivity index is 2.28. The number of rotatable bonds is 2. The molecule has 2 N–H and O–H groups in total. The van der Waals surface area contributed by atoms with Crippen LogP contribution in [-0.2, 0) is 0 Å². The average Bonchev–Trinajstić information content (AvgIpc) is 2.39. The van der Waals surface area contributed by atoms with Crippen molar-refractivity contribution in [1.82, 2.24) is 0 Å². The minimum atomic E-state index is 0.518. The zero-order chi connectivity index (χ0) is 13.1. The molecule has 1 saturated heterocycles. The Bertz CT molecular complexity index is 467. The number of hydrogen-bond donors (Lipinski definition) is 1. The lowest BCUT2D eigenvalue weighted by atomic mass is 9.86. The Morgan fingerprint density at radius 3 is 3.00 bits per heavy atom. The summed E-state index contributed by atoms with van der Waals surface area (Å²) in [6.45, 7) is 4.93. The van der Waals surface area contributed by atoms with Crippen molar-refractivity contribution in [1.29, 1.82) is 5.26 Å². The molecule has 18 heavy (non-hydrogen) atoms. The van der Waals surface area contributed by atoms with Gasteiger partial charge in [-0.3, -0.25) is 0 Å². The second-order valence-corrected chi connectivity index (χ2v) is 5.81. The maximum absolute atomic E-state index is 9.27. The number of nitrogens with zero attached hydrogens (tertiary/aromatic N) is 2. The van der Waals surface area contributed by atoms with Crippen LogP contribution >= 0.6 is 15.9 Å². The van der Waals surface area contributed by atoms with Gasteiger partial charge in [-0.1, -0.05) is 13.0 Å². The van der Waals surface area contributed by atoms with Crippen molar-refractivity contribution in [3.63, 3.8) is 0 Å². The monoisotopic (exact) mass is 307 g/mol. The molecule has 96 valence electrons. The third-order valence-electron chi connectivity index (χ3n) is 3.86. The van der Waals surface area contributed by atoms with E-state index in [0.717, 1.165) is 35.2 Å². The first-order valence-electron chi connectivity index (χ1n) is 6.31. The lowest BCUT2D eigenvalue weighted by Crippen LogP contribution is -2.43. The summed E-state index contributed by atoms with van der Waals surface area (Å²) >= 11 is 3.44. The first-order chi connectivity index (χ1) is 8.67. The molecule has 2 atom stereocenters. The van der Waals surface area contributed by atoms with Crippen LogP contribution in [0.4, 0.5) is 5.69 Å². The van der Waals surface area contributed by atoms with Gasteiger partial charge in [0.1, 0.15) is 6.07 Å². The number of hydrogen-bond acceptors (Lipinski definition) is 3. The second-order valence-electron chi connectivity index (χ2n) is 4.95. The van der Waals surface area contributed by atoms with Crippen molar-refractivity contribution in [3.8, 4) is 6.07 Å². The Hall–Kier alpha value is -1.05. The van der Waals surface area contributed by atoms with E-state index >= 15 is 0 Å². The molecule has 1 aliphatic rings. The molecule has 1 aromatic rings. The Labute approximate surface area is 117 Å². The Morgan fingerprint density at radius 1 is 1.56 bits per heavy atom. The van der Waals surface area contributed by atoms with Crippen molar-refractivity contribution in [2.24, 2.45) is 17.6 Å². The summed E-state index contributed by atoms with van der Waals surface area (Å²) < 4.78 is 0.866. The highest BCUT2D eigenvalue weighted by Crippen LogP contribution is 2.31. The molecule has 1 aliphatic heterocycles. The highest BCUT2D eigenvalue weighted by Gasteiger charge is 2.26. The van der Waals surface area contributed by atoms with Gasteiger partial charge in [0.2, 0.25) is 0 Å². The molecular formula is C14H18BrN3. The standard InChI is InChI=1S/C14H18BrN3/c1-10-5-6-18(9-11(10)7-16)14-4-2-3-13(15)12(14)8-17/h2-4,10-11H,5-7,9,16H2,1H3. The number of halogens is 1. The van der Waals surface area contributed by atoms with E-state index < -0.39 is 0 Å². The lowest BCUT2D eigenvalue weighted by Gasteiger charge is -2.38. The van der Waals surface area contributed by atoms with E-state index in [1.165, 1.54) is 0 Å². The zero-order valence-electron chi connectivity index (χ0n) is 10.6. The summed E-state index contributed by atoms with van der Waals surface area (Å²) in [5.74, 6) is 1.19. The van der Waals surface area contributed by atoms with Crippen molar-refractivity contribution in [2.75, 3.05) is 24.5 Å². The highest BCUT2D eigenvalue weighted by molar-refractivity contribution is 9.10. The summed E-state index contributed by atoms with van der Waals surface area (Å²) in [6, 6.07) is 8.20. The van der Waals surface area contributed by atoms with Crippen LogP contribution in [0.25, 0.3) is 0 Å². The van der Waals surface area contributed by atoms with Crippen LogP contribution in [0.3, 0.4) is 0 Å². The van der Waals surface area contributed by atoms with Gasteiger partial charge in [-0.2, -0.15) is 5.26 Å². The fourth-order valence-electron chi connectivity index (χ4n) is 2.56. The van der Waals surface area contributed by atoms with Crippen LogP contribution in [-0.4, -0.2) is 19.6 Å². The predicted octanol–water partition coefficient (Wildman–Crippen LogP) is 2.74. The van der Waals surface area contributed by atoms with Gasteiger partial charge in [0.15, 0.2) is 0 Å². The molecule has 2 rings (SSSR count). The number of benzene rings is 1. The molecule has 1 fully saturated rings. The van der Waals surface area contributed by atoms with Crippen LogP contribution in [0.5, 0.6) is 0 Å². The SMILES string of the molecule is CC1CCN(c2cccc(Br)c2C#N)CC1CN. The van der Waals surface area contributed by atoms with Gasteiger partial charge in [0, 0.05) is 17.6 Å². The molecular weight excluding hydrogens is 290 g/mol. The van der Waals surface area contributed by atoms with Crippen LogP contribution in [0.1, 0.15) is 18.9 Å². The molecule has 0 spiro atoms. The van der Waals surface area contributed by atoms with Crippen molar-refractivity contribution in [3.05, 3.63) is 28.2 Å². The molecule has 2 unspecified atom stereocenters. The molecule has 0 aromatic heterocycles. The molecule has 0 saturated carbocycles. The maximum atomic E-state index is 9.27. The van der Waals surface area contributed by atoms with Crippen LogP contribution in [0.15, 0.2) is 22.7 Å². The van der Waals surface area contributed by atoms with Gasteiger partial charge >= 0.3 is 0 Å². The van der Waals surface area contributed by atoms with Crippen molar-refractivity contribution < 1.29 is 0 Å². The summed E-state index contributed by atoms with van der Waals surface area (Å²) in [6.07, 6.45) is 1.14. The lowest BCUT2D eigenvalue weighted by molar-refractivity contribution is 0.308. The molecule has 0 radical (unpaired) electrons. The van der Waals surface area contributed by atoms with Gasteiger partial charge in [0.25, 0.3) is 0 Å². The minimum Gasteiger partial charge on any atom is -0.370 e. The topological polar surface area (TPSA) is 53.0 Å². The number of nitrogens with two attached hydrogens (primary N) is 1. The normalized spacial score (nSPS) is 23.8. The molecule has 0 amide bonds.